The molecule has 12 heteroatoms. The first-order chi connectivity index (χ1) is 21.6. The predicted octanol–water partition coefficient (Wildman–Crippen LogP) is 4.42. The molecule has 2 amide bonds. The highest BCUT2D eigenvalue weighted by molar-refractivity contribution is 6.00. The van der Waals surface area contributed by atoms with Crippen molar-refractivity contribution in [1.82, 2.24) is 24.0 Å². The molecule has 0 unspecified atom stereocenters. The lowest BCUT2D eigenvalue weighted by Crippen LogP contribution is -2.50. The number of benzene rings is 2. The van der Waals surface area contributed by atoms with Crippen molar-refractivity contribution in [3.05, 3.63) is 65.5 Å². The zero-order valence-electron chi connectivity index (χ0n) is 25.0. The van der Waals surface area contributed by atoms with E-state index in [9.17, 15) is 18.4 Å². The van der Waals surface area contributed by atoms with Crippen LogP contribution in [0.1, 0.15) is 40.0 Å². The van der Waals surface area contributed by atoms with Gasteiger partial charge in [-0.15, -0.1) is 0 Å². The third-order valence-corrected chi connectivity index (χ3v) is 8.76. The third kappa shape index (κ3) is 5.18. The summed E-state index contributed by atoms with van der Waals surface area (Å²) in [6.45, 7) is 1.01. The van der Waals surface area contributed by atoms with Crippen LogP contribution in [-0.4, -0.2) is 68.2 Å². The molecule has 7 rings (SSSR count). The smallest absolute Gasteiger partial charge is 0.254 e. The lowest BCUT2D eigenvalue weighted by Gasteiger charge is -2.33. The van der Waals surface area contributed by atoms with Crippen molar-refractivity contribution in [2.24, 2.45) is 24.4 Å². The lowest BCUT2D eigenvalue weighted by molar-refractivity contribution is 0.0606. The number of halogens is 2. The Morgan fingerprint density at radius 1 is 1.07 bits per heavy atom. The zero-order valence-corrected chi connectivity index (χ0v) is 25.0. The van der Waals surface area contributed by atoms with Gasteiger partial charge in [-0.3, -0.25) is 9.59 Å². The van der Waals surface area contributed by atoms with Crippen molar-refractivity contribution in [1.29, 1.82) is 0 Å². The molecule has 232 valence electrons. The average Bonchev–Trinajstić information content (AvgIpc) is 3.68. The van der Waals surface area contributed by atoms with E-state index in [1.807, 2.05) is 29.8 Å². The topological polar surface area (TPSA) is 134 Å². The lowest BCUT2D eigenvalue weighted by atomic mass is 10.0. The molecule has 2 aromatic carbocycles. The summed E-state index contributed by atoms with van der Waals surface area (Å²) >= 11 is 0. The van der Waals surface area contributed by atoms with E-state index in [2.05, 4.69) is 4.57 Å². The van der Waals surface area contributed by atoms with Gasteiger partial charge in [-0.25, -0.2) is 18.7 Å². The molecule has 5 aromatic rings. The molecule has 3 aromatic heterocycles. The number of ether oxygens (including phenoxy) is 1. The summed E-state index contributed by atoms with van der Waals surface area (Å²) in [5.41, 5.74) is 15.4. The summed E-state index contributed by atoms with van der Waals surface area (Å²) in [6.07, 6.45) is 1.29. The minimum atomic E-state index is -1.17. The second kappa shape index (κ2) is 11.0. The molecule has 1 aliphatic heterocycles. The molecule has 0 bridgehead atoms. The van der Waals surface area contributed by atoms with Crippen molar-refractivity contribution in [2.75, 3.05) is 20.2 Å². The van der Waals surface area contributed by atoms with Crippen LogP contribution in [0.5, 0.6) is 5.75 Å². The van der Waals surface area contributed by atoms with E-state index < -0.39 is 23.9 Å². The second-order valence-corrected chi connectivity index (χ2v) is 12.1. The Bertz CT molecular complexity index is 1990. The number of nitrogens with two attached hydrogens (primary N) is 2. The van der Waals surface area contributed by atoms with Crippen molar-refractivity contribution >= 4 is 33.9 Å². The molecule has 4 heterocycles. The van der Waals surface area contributed by atoms with E-state index >= 15 is 0 Å². The molecule has 0 radical (unpaired) electrons. The van der Waals surface area contributed by atoms with Crippen molar-refractivity contribution in [3.8, 4) is 28.5 Å². The number of carbonyl (C=O) groups is 2. The summed E-state index contributed by atoms with van der Waals surface area (Å²) in [5, 5.41) is 0.890. The van der Waals surface area contributed by atoms with Gasteiger partial charge in [-0.2, -0.15) is 0 Å². The van der Waals surface area contributed by atoms with Gasteiger partial charge in [-0.1, -0.05) is 6.07 Å². The molecule has 2 aliphatic rings. The first kappa shape index (κ1) is 28.9. The number of methoxy groups -OCH3 is 1. The number of primary amides is 1. The van der Waals surface area contributed by atoms with Gasteiger partial charge in [0.1, 0.15) is 28.9 Å². The van der Waals surface area contributed by atoms with E-state index in [1.54, 1.807) is 25.3 Å². The van der Waals surface area contributed by atoms with E-state index in [4.69, 9.17) is 26.2 Å². The van der Waals surface area contributed by atoms with Crippen LogP contribution in [0, 0.1) is 11.7 Å². The number of nitrogens with zero attached hydrogens (tertiary/aromatic N) is 5. The van der Waals surface area contributed by atoms with E-state index in [0.717, 1.165) is 36.1 Å². The Hall–Kier alpha value is -4.84. The number of rotatable bonds is 7. The predicted molar refractivity (Wildman–Crippen MR) is 166 cm³/mol. The van der Waals surface area contributed by atoms with E-state index in [1.165, 1.54) is 17.0 Å². The Balaban J connectivity index is 1.33. The molecule has 2 fully saturated rings. The first-order valence-corrected chi connectivity index (χ1v) is 14.9. The summed E-state index contributed by atoms with van der Waals surface area (Å²) in [4.78, 5) is 36.3. The zero-order chi connectivity index (χ0) is 31.6. The van der Waals surface area contributed by atoms with Gasteiger partial charge in [0.15, 0.2) is 5.82 Å². The number of hydrogen-bond acceptors (Lipinski definition) is 6. The molecular weight excluding hydrogens is 580 g/mol. The third-order valence-electron chi connectivity index (χ3n) is 8.76. The number of carbonyl (C=O) groups excluding carboxylic acids is 2. The Morgan fingerprint density at radius 2 is 1.87 bits per heavy atom. The van der Waals surface area contributed by atoms with Gasteiger partial charge in [0.25, 0.3) is 11.8 Å². The normalized spacial score (nSPS) is 18.6. The Morgan fingerprint density at radius 3 is 2.56 bits per heavy atom. The first-order valence-electron chi connectivity index (χ1n) is 14.9. The van der Waals surface area contributed by atoms with Crippen molar-refractivity contribution in [3.63, 3.8) is 0 Å². The van der Waals surface area contributed by atoms with Crippen molar-refractivity contribution in [2.45, 2.75) is 38.0 Å². The average molecular weight is 614 g/mol. The van der Waals surface area contributed by atoms with Gasteiger partial charge in [0.2, 0.25) is 0 Å². The van der Waals surface area contributed by atoms with E-state index in [-0.39, 0.29) is 31.0 Å². The molecule has 4 N–H and O–H groups in total. The number of amides is 2. The standard InChI is InChI=1S/C33H33F2N7O3/c1-40-29-26(10-20(12-28(29)45-2)33(44)41-15-21(34)13-22(36)16-41)39-32(40)27-11-19-6-8-25(38-31(19)42(27)14-17-3-4-17)18-5-7-23(30(37)43)24(35)9-18/h5-12,17,21-22H,3-4,13-16,36H2,1-2H3,(H2,37,43)/t21-,22-/m1/s1. The van der Waals surface area contributed by atoms with Crippen LogP contribution in [-0.2, 0) is 13.6 Å². The Kier molecular flexibility index (Phi) is 7.03. The quantitative estimate of drug-likeness (QED) is 0.279. The molecule has 1 aliphatic carbocycles. The van der Waals surface area contributed by atoms with Gasteiger partial charge in [-0.05, 0) is 67.6 Å². The summed E-state index contributed by atoms with van der Waals surface area (Å²) in [7, 11) is 3.44. The summed E-state index contributed by atoms with van der Waals surface area (Å²) < 4.78 is 38.7. The Labute approximate surface area is 257 Å². The molecule has 1 saturated carbocycles. The fraction of sp³-hybridized carbons (Fsp3) is 0.333. The summed E-state index contributed by atoms with van der Waals surface area (Å²) in [5.74, 6) is -0.211. The SMILES string of the molecule is COc1cc(C(=O)N2C[C@H](N)C[C@@H](F)C2)cc2nc(-c3cc4ccc(-c5ccc(C(N)=O)c(F)c5)nc4n3CC3CC3)n(C)c12. The van der Waals surface area contributed by atoms with Crippen molar-refractivity contribution < 1.29 is 23.1 Å². The number of aryl methyl sites for hydroxylation is 1. The number of imidazole rings is 1. The molecule has 0 spiro atoms. The molecular formula is C33H33F2N7O3. The monoisotopic (exact) mass is 613 g/mol. The molecule has 1 saturated heterocycles. The number of aromatic nitrogens is 4. The maximum Gasteiger partial charge on any atom is 0.254 e. The number of hydrogen-bond donors (Lipinski definition) is 2. The van der Waals surface area contributed by atoms with Gasteiger partial charge >= 0.3 is 0 Å². The number of piperidine rings is 1. The fourth-order valence-electron chi connectivity index (χ4n) is 6.33. The van der Waals surface area contributed by atoms with Crippen LogP contribution in [0.25, 0.3) is 44.8 Å². The molecule has 10 nitrogen and oxygen atoms in total. The number of likely N-dealkylation sites (tertiary alicyclic amines) is 1. The van der Waals surface area contributed by atoms with E-state index in [0.29, 0.717) is 45.3 Å². The number of alkyl halides is 1. The van der Waals surface area contributed by atoms with Gasteiger partial charge in [0, 0.05) is 42.7 Å². The highest BCUT2D eigenvalue weighted by Gasteiger charge is 2.30. The van der Waals surface area contributed by atoms with Crippen LogP contribution in [0.3, 0.4) is 0 Å². The molecule has 45 heavy (non-hydrogen) atoms. The number of pyridine rings is 1. The van der Waals surface area contributed by atoms with Gasteiger partial charge < -0.3 is 30.2 Å². The second-order valence-electron chi connectivity index (χ2n) is 12.1. The highest BCUT2D eigenvalue weighted by Crippen LogP contribution is 2.38. The molecule has 2 atom stereocenters. The highest BCUT2D eigenvalue weighted by atomic mass is 19.1. The van der Waals surface area contributed by atoms with Crippen LogP contribution in [0.4, 0.5) is 8.78 Å². The fourth-order valence-corrected chi connectivity index (χ4v) is 6.33. The van der Waals surface area contributed by atoms with Crippen LogP contribution in [0.2, 0.25) is 0 Å². The minimum Gasteiger partial charge on any atom is -0.494 e. The minimum absolute atomic E-state index is 0.00145. The maximum absolute atomic E-state index is 14.6. The van der Waals surface area contributed by atoms with Crippen LogP contribution < -0.4 is 16.2 Å². The maximum atomic E-state index is 14.6. The summed E-state index contributed by atoms with van der Waals surface area (Å²) in [6, 6.07) is 13.0. The number of fused-ring (bicyclic) bond motifs is 2. The van der Waals surface area contributed by atoms with Crippen LogP contribution >= 0.6 is 0 Å². The van der Waals surface area contributed by atoms with Crippen LogP contribution in [0.15, 0.2) is 48.5 Å². The van der Waals surface area contributed by atoms with Gasteiger partial charge in [0.05, 0.1) is 36.1 Å². The largest absolute Gasteiger partial charge is 0.494 e.